The van der Waals surface area contributed by atoms with E-state index in [1.165, 1.54) is 6.92 Å². The monoisotopic (exact) mass is 529 g/mol. The zero-order valence-corrected chi connectivity index (χ0v) is 22.7. The van der Waals surface area contributed by atoms with Crippen LogP contribution in [-0.4, -0.2) is 20.6 Å². The van der Waals surface area contributed by atoms with Crippen molar-refractivity contribution in [2.75, 3.05) is 10.2 Å². The molecule has 1 saturated heterocycles. The van der Waals surface area contributed by atoms with Crippen molar-refractivity contribution < 1.29 is 4.79 Å². The fourth-order valence-corrected chi connectivity index (χ4v) is 5.65. The first kappa shape index (κ1) is 25.0. The molecule has 1 amide bonds. The molecule has 2 aromatic carbocycles. The number of aryl methyl sites for hydroxylation is 2. The van der Waals surface area contributed by atoms with Gasteiger partial charge in [-0.05, 0) is 98.7 Å². The molecule has 0 aliphatic carbocycles. The Hall–Kier alpha value is -3.68. The Morgan fingerprint density at radius 1 is 1.05 bits per heavy atom. The summed E-state index contributed by atoms with van der Waals surface area (Å²) < 4.78 is 2.26. The van der Waals surface area contributed by atoms with Gasteiger partial charge in [-0.1, -0.05) is 23.7 Å². The molecule has 0 bridgehead atoms. The molecule has 6 nitrogen and oxygen atoms in total. The molecular weight excluding hydrogens is 502 g/mol. The maximum absolute atomic E-state index is 11.5. The van der Waals surface area contributed by atoms with Crippen molar-refractivity contribution in [2.24, 2.45) is 0 Å². The molecule has 5 rings (SSSR count). The lowest BCUT2D eigenvalue weighted by molar-refractivity contribution is -0.114. The molecule has 1 aliphatic heterocycles. The lowest BCUT2D eigenvalue weighted by atomic mass is 9.96. The van der Waals surface area contributed by atoms with Gasteiger partial charge in [-0.2, -0.15) is 0 Å². The summed E-state index contributed by atoms with van der Waals surface area (Å²) in [6.45, 7) is 7.84. The van der Waals surface area contributed by atoms with Crippen LogP contribution >= 0.6 is 23.8 Å². The average Bonchev–Trinajstić information content (AvgIpc) is 3.36. The van der Waals surface area contributed by atoms with Gasteiger partial charge in [-0.25, -0.2) is 0 Å². The van der Waals surface area contributed by atoms with Crippen LogP contribution in [0.1, 0.15) is 47.2 Å². The number of thiocarbonyl (C=S) groups is 1. The number of hydrogen-bond acceptors (Lipinski definition) is 3. The molecule has 2 atom stereocenters. The first-order valence-corrected chi connectivity index (χ1v) is 12.9. The minimum atomic E-state index is -0.155. The van der Waals surface area contributed by atoms with Crippen LogP contribution in [0.15, 0.2) is 72.9 Å². The summed E-state index contributed by atoms with van der Waals surface area (Å²) >= 11 is 12.3. The fraction of sp³-hybridized carbons (Fsp3) is 0.207. The number of aromatic nitrogens is 2. The van der Waals surface area contributed by atoms with Gasteiger partial charge >= 0.3 is 0 Å². The standard InChI is InChI=1S/C29H28ClN5OS/c1-17-8-9-21(30)16-26(17)34-18(2)15-24(19(34)3)28-27(25-7-5-6-14-31-25)33-29(37)35(28)23-12-10-22(11-13-23)32-20(4)36/h5-16,27-28H,1-4H3,(H,32,36)(H,33,37)/t27-,28-/m1/s1. The van der Waals surface area contributed by atoms with Gasteiger partial charge < -0.3 is 20.1 Å². The number of carbonyl (C=O) groups is 1. The van der Waals surface area contributed by atoms with E-state index in [4.69, 9.17) is 23.8 Å². The van der Waals surface area contributed by atoms with Gasteiger partial charge in [0.15, 0.2) is 5.11 Å². The lowest BCUT2D eigenvalue weighted by Gasteiger charge is -2.28. The molecule has 1 aliphatic rings. The summed E-state index contributed by atoms with van der Waals surface area (Å²) in [6, 6.07) is 21.6. The first-order chi connectivity index (χ1) is 17.7. The second kappa shape index (κ2) is 10.00. The Morgan fingerprint density at radius 3 is 2.49 bits per heavy atom. The van der Waals surface area contributed by atoms with Crippen LogP contribution in [0.25, 0.3) is 5.69 Å². The second-order valence-corrected chi connectivity index (χ2v) is 10.1. The summed E-state index contributed by atoms with van der Waals surface area (Å²) in [4.78, 5) is 18.3. The smallest absolute Gasteiger partial charge is 0.221 e. The number of benzene rings is 2. The van der Waals surface area contributed by atoms with E-state index in [1.54, 1.807) is 6.20 Å². The van der Waals surface area contributed by atoms with Crippen LogP contribution in [0.3, 0.4) is 0 Å². The molecule has 8 heteroatoms. The fourth-order valence-electron chi connectivity index (χ4n) is 5.14. The first-order valence-electron chi connectivity index (χ1n) is 12.1. The molecule has 2 N–H and O–H groups in total. The number of carbonyl (C=O) groups excluding carboxylic acids is 1. The van der Waals surface area contributed by atoms with Gasteiger partial charge in [-0.3, -0.25) is 9.78 Å². The van der Waals surface area contributed by atoms with Crippen LogP contribution in [0.2, 0.25) is 5.02 Å². The number of nitrogens with one attached hydrogen (secondary N) is 2. The minimum absolute atomic E-state index is 0.108. The molecule has 0 spiro atoms. The second-order valence-electron chi connectivity index (χ2n) is 9.32. The van der Waals surface area contributed by atoms with Crippen LogP contribution in [0.5, 0.6) is 0 Å². The lowest BCUT2D eigenvalue weighted by Crippen LogP contribution is -2.29. The van der Waals surface area contributed by atoms with Crippen LogP contribution in [0, 0.1) is 20.8 Å². The van der Waals surface area contributed by atoms with Gasteiger partial charge in [0.05, 0.1) is 17.8 Å². The quantitative estimate of drug-likeness (QED) is 0.286. The van der Waals surface area contributed by atoms with Gasteiger partial charge in [0.2, 0.25) is 5.91 Å². The molecule has 0 radical (unpaired) electrons. The van der Waals surface area contributed by atoms with Crippen molar-refractivity contribution in [3.63, 3.8) is 0 Å². The average molecular weight is 530 g/mol. The Labute approximate surface area is 227 Å². The summed E-state index contributed by atoms with van der Waals surface area (Å²) in [5.41, 5.74) is 8.14. The minimum Gasteiger partial charge on any atom is -0.351 e. The summed E-state index contributed by atoms with van der Waals surface area (Å²) in [6.07, 6.45) is 1.81. The third-order valence-corrected chi connectivity index (χ3v) is 7.31. The number of halogens is 1. The third kappa shape index (κ3) is 4.72. The van der Waals surface area contributed by atoms with E-state index in [1.807, 2.05) is 60.7 Å². The molecular formula is C29H28ClN5OS. The number of rotatable bonds is 5. The van der Waals surface area contributed by atoms with E-state index in [9.17, 15) is 4.79 Å². The molecule has 1 fully saturated rings. The highest BCUT2D eigenvalue weighted by Gasteiger charge is 2.42. The molecule has 0 unspecified atom stereocenters. The highest BCUT2D eigenvalue weighted by molar-refractivity contribution is 7.80. The van der Waals surface area contributed by atoms with E-state index < -0.39 is 0 Å². The Balaban J connectivity index is 1.65. The molecule has 3 heterocycles. The highest BCUT2D eigenvalue weighted by atomic mass is 35.5. The maximum atomic E-state index is 11.5. The summed E-state index contributed by atoms with van der Waals surface area (Å²) in [7, 11) is 0. The van der Waals surface area contributed by atoms with Crippen molar-refractivity contribution in [1.29, 1.82) is 0 Å². The number of amides is 1. The van der Waals surface area contributed by atoms with E-state index >= 15 is 0 Å². The van der Waals surface area contributed by atoms with Crippen LogP contribution < -0.4 is 15.5 Å². The van der Waals surface area contributed by atoms with Crippen molar-refractivity contribution in [1.82, 2.24) is 14.9 Å². The van der Waals surface area contributed by atoms with Gasteiger partial charge in [0.25, 0.3) is 0 Å². The summed E-state index contributed by atoms with van der Waals surface area (Å²) in [5.74, 6) is -0.108. The SMILES string of the molecule is CC(=O)Nc1ccc(N2C(=S)N[C@H](c3ccccn3)[C@H]2c2cc(C)n(-c3cc(Cl)ccc3C)c2C)cc1. The Kier molecular flexibility index (Phi) is 6.75. The van der Waals surface area contributed by atoms with Gasteiger partial charge in [0.1, 0.15) is 0 Å². The van der Waals surface area contributed by atoms with Crippen molar-refractivity contribution >= 4 is 46.2 Å². The molecule has 2 aromatic heterocycles. The van der Waals surface area contributed by atoms with Crippen molar-refractivity contribution in [3.8, 4) is 5.69 Å². The summed E-state index contributed by atoms with van der Waals surface area (Å²) in [5, 5.41) is 7.68. The number of hydrogen-bond donors (Lipinski definition) is 2. The zero-order chi connectivity index (χ0) is 26.3. The van der Waals surface area contributed by atoms with Gasteiger partial charge in [-0.15, -0.1) is 0 Å². The topological polar surface area (TPSA) is 62.2 Å². The molecule has 37 heavy (non-hydrogen) atoms. The van der Waals surface area contributed by atoms with E-state index in [0.717, 1.165) is 45.3 Å². The van der Waals surface area contributed by atoms with Crippen molar-refractivity contribution in [2.45, 2.75) is 39.8 Å². The normalized spacial score (nSPS) is 17.1. The third-order valence-electron chi connectivity index (χ3n) is 6.76. The number of pyridine rings is 1. The predicted octanol–water partition coefficient (Wildman–Crippen LogP) is 6.59. The van der Waals surface area contributed by atoms with E-state index in [-0.39, 0.29) is 18.0 Å². The largest absolute Gasteiger partial charge is 0.351 e. The number of nitrogens with zero attached hydrogens (tertiary/aromatic N) is 3. The van der Waals surface area contributed by atoms with E-state index in [0.29, 0.717) is 10.1 Å². The number of anilines is 2. The molecule has 4 aromatic rings. The van der Waals surface area contributed by atoms with E-state index in [2.05, 4.69) is 51.9 Å². The highest BCUT2D eigenvalue weighted by Crippen LogP contribution is 2.44. The molecule has 0 saturated carbocycles. The Bertz CT molecular complexity index is 1480. The van der Waals surface area contributed by atoms with Crippen LogP contribution in [0.4, 0.5) is 11.4 Å². The molecule has 188 valence electrons. The Morgan fingerprint density at radius 2 is 1.81 bits per heavy atom. The predicted molar refractivity (Wildman–Crippen MR) is 154 cm³/mol. The maximum Gasteiger partial charge on any atom is 0.221 e. The van der Waals surface area contributed by atoms with Crippen molar-refractivity contribution in [3.05, 3.63) is 106 Å². The van der Waals surface area contributed by atoms with Gasteiger partial charge in [0, 0.05) is 46.6 Å². The zero-order valence-electron chi connectivity index (χ0n) is 21.1. The van der Waals surface area contributed by atoms with Crippen LogP contribution in [-0.2, 0) is 4.79 Å².